The topological polar surface area (TPSA) is 26.3 Å². The van der Waals surface area contributed by atoms with Gasteiger partial charge in [-0.25, -0.2) is 4.79 Å². The van der Waals surface area contributed by atoms with Gasteiger partial charge in [0.05, 0.1) is 5.57 Å². The summed E-state index contributed by atoms with van der Waals surface area (Å²) in [5, 5.41) is 0. The second-order valence-electron chi connectivity index (χ2n) is 3.06. The van der Waals surface area contributed by atoms with Gasteiger partial charge in [0.2, 0.25) is 0 Å². The third-order valence-corrected chi connectivity index (χ3v) is 2.11. The van der Waals surface area contributed by atoms with E-state index in [1.165, 1.54) is 5.57 Å². The van der Waals surface area contributed by atoms with E-state index in [1.54, 1.807) is 6.08 Å². The molecule has 0 saturated heterocycles. The van der Waals surface area contributed by atoms with Crippen molar-refractivity contribution in [3.63, 3.8) is 0 Å². The van der Waals surface area contributed by atoms with E-state index in [9.17, 15) is 4.79 Å². The molecule has 1 heterocycles. The van der Waals surface area contributed by atoms with Crippen LogP contribution in [-0.4, -0.2) is 12.6 Å². The second kappa shape index (κ2) is 4.08. The number of cyclic esters (lactones) is 1. The normalized spacial score (nSPS) is 17.7. The molecule has 0 spiro atoms. The first kappa shape index (κ1) is 9.78. The second-order valence-corrected chi connectivity index (χ2v) is 3.06. The van der Waals surface area contributed by atoms with Crippen LogP contribution in [0.5, 0.6) is 0 Å². The summed E-state index contributed by atoms with van der Waals surface area (Å²) in [5.74, 6) is -0.259. The van der Waals surface area contributed by atoms with Crippen molar-refractivity contribution >= 4 is 5.97 Å². The molecule has 1 rings (SSSR count). The maximum absolute atomic E-state index is 11.1. The molecule has 0 aromatic rings. The molecule has 0 N–H and O–H groups in total. The van der Waals surface area contributed by atoms with E-state index in [-0.39, 0.29) is 5.97 Å². The quantitative estimate of drug-likeness (QED) is 0.620. The van der Waals surface area contributed by atoms with Gasteiger partial charge in [0.15, 0.2) is 0 Å². The lowest BCUT2D eigenvalue weighted by atomic mass is 10.1. The minimum Gasteiger partial charge on any atom is -0.457 e. The third-order valence-electron chi connectivity index (χ3n) is 2.11. The highest BCUT2D eigenvalue weighted by Gasteiger charge is 2.20. The molecule has 0 radical (unpaired) electrons. The zero-order chi connectivity index (χ0) is 9.84. The molecule has 2 nitrogen and oxygen atoms in total. The highest BCUT2D eigenvalue weighted by Crippen LogP contribution is 2.19. The van der Waals surface area contributed by atoms with Crippen molar-refractivity contribution in [3.8, 4) is 0 Å². The maximum atomic E-state index is 11.1. The Bertz CT molecular complexity index is 295. The first-order chi connectivity index (χ1) is 6.19. The van der Waals surface area contributed by atoms with Crippen molar-refractivity contribution in [2.75, 3.05) is 6.61 Å². The number of carbonyl (C=O) groups excluding carboxylic acids is 1. The van der Waals surface area contributed by atoms with E-state index in [1.807, 2.05) is 13.0 Å². The fourth-order valence-corrected chi connectivity index (χ4v) is 1.16. The molecule has 0 saturated carbocycles. The number of carbonyl (C=O) groups is 1. The van der Waals surface area contributed by atoms with Gasteiger partial charge in [-0.2, -0.15) is 0 Å². The Morgan fingerprint density at radius 3 is 2.92 bits per heavy atom. The van der Waals surface area contributed by atoms with Gasteiger partial charge < -0.3 is 4.74 Å². The van der Waals surface area contributed by atoms with Crippen molar-refractivity contribution < 1.29 is 9.53 Å². The molecule has 0 bridgehead atoms. The average Bonchev–Trinajstić information content (AvgIpc) is 2.46. The van der Waals surface area contributed by atoms with E-state index in [4.69, 9.17) is 4.74 Å². The van der Waals surface area contributed by atoms with Gasteiger partial charge in [-0.05, 0) is 13.3 Å². The molecule has 0 aromatic heterocycles. The molecule has 2 heteroatoms. The predicted molar refractivity (Wildman–Crippen MR) is 52.2 cm³/mol. The van der Waals surface area contributed by atoms with Crippen molar-refractivity contribution in [1.82, 2.24) is 0 Å². The number of allylic oxidation sites excluding steroid dienone is 1. The molecule has 0 aliphatic carbocycles. The highest BCUT2D eigenvalue weighted by molar-refractivity contribution is 5.95. The Hall–Kier alpha value is -1.31. The van der Waals surface area contributed by atoms with Crippen molar-refractivity contribution in [1.29, 1.82) is 0 Å². The van der Waals surface area contributed by atoms with E-state index < -0.39 is 0 Å². The van der Waals surface area contributed by atoms with Crippen LogP contribution in [0.2, 0.25) is 0 Å². The summed E-state index contributed by atoms with van der Waals surface area (Å²) < 4.78 is 4.89. The summed E-state index contributed by atoms with van der Waals surface area (Å²) in [6.45, 7) is 8.09. The van der Waals surface area contributed by atoms with Crippen LogP contribution < -0.4 is 0 Å². The SMILES string of the molecule is C=CC1=C(/C=C(/C)CC)COC1=O. The van der Waals surface area contributed by atoms with Crippen LogP contribution in [0, 0.1) is 0 Å². The molecule has 1 aliphatic heterocycles. The van der Waals surface area contributed by atoms with Crippen LogP contribution in [0.15, 0.2) is 35.5 Å². The van der Waals surface area contributed by atoms with Crippen LogP contribution in [0.3, 0.4) is 0 Å². The zero-order valence-corrected chi connectivity index (χ0v) is 8.09. The van der Waals surface area contributed by atoms with Gasteiger partial charge >= 0.3 is 5.97 Å². The van der Waals surface area contributed by atoms with Crippen LogP contribution >= 0.6 is 0 Å². The van der Waals surface area contributed by atoms with Gasteiger partial charge in [0.1, 0.15) is 6.61 Å². The predicted octanol–water partition coefficient (Wildman–Crippen LogP) is 2.38. The summed E-state index contributed by atoms with van der Waals surface area (Å²) in [6.07, 6.45) is 4.55. The number of esters is 1. The van der Waals surface area contributed by atoms with Crippen molar-refractivity contribution in [2.45, 2.75) is 20.3 Å². The Morgan fingerprint density at radius 2 is 2.38 bits per heavy atom. The van der Waals surface area contributed by atoms with Gasteiger partial charge in [0, 0.05) is 5.57 Å². The smallest absolute Gasteiger partial charge is 0.338 e. The van der Waals surface area contributed by atoms with Crippen LogP contribution in [0.4, 0.5) is 0 Å². The monoisotopic (exact) mass is 178 g/mol. The average molecular weight is 178 g/mol. The van der Waals surface area contributed by atoms with Gasteiger partial charge in [-0.1, -0.05) is 31.2 Å². The van der Waals surface area contributed by atoms with Crippen LogP contribution in [-0.2, 0) is 9.53 Å². The lowest BCUT2D eigenvalue weighted by molar-refractivity contribution is -0.135. The fraction of sp³-hybridized carbons (Fsp3) is 0.364. The summed E-state index contributed by atoms with van der Waals surface area (Å²) in [5.41, 5.74) is 2.79. The number of hydrogen-bond donors (Lipinski definition) is 0. The number of rotatable bonds is 3. The summed E-state index contributed by atoms with van der Waals surface area (Å²) in [4.78, 5) is 11.1. The highest BCUT2D eigenvalue weighted by atomic mass is 16.5. The Labute approximate surface area is 78.6 Å². The standard InChI is InChI=1S/C11H14O2/c1-4-8(3)6-9-7-13-11(12)10(9)5-2/h5-6H,2,4,7H2,1,3H3/b8-6-. The third kappa shape index (κ3) is 2.08. The molecular weight excluding hydrogens is 164 g/mol. The molecule has 0 fully saturated rings. The summed E-state index contributed by atoms with van der Waals surface area (Å²) in [7, 11) is 0. The number of ether oxygens (including phenoxy) is 1. The molecule has 0 aromatic carbocycles. The first-order valence-corrected chi connectivity index (χ1v) is 4.39. The van der Waals surface area contributed by atoms with Gasteiger partial charge in [0.25, 0.3) is 0 Å². The molecular formula is C11H14O2. The molecule has 1 aliphatic rings. The van der Waals surface area contributed by atoms with Crippen LogP contribution in [0.25, 0.3) is 0 Å². The molecule has 0 atom stereocenters. The molecule has 0 unspecified atom stereocenters. The number of hydrogen-bond acceptors (Lipinski definition) is 2. The van der Waals surface area contributed by atoms with E-state index in [2.05, 4.69) is 13.5 Å². The van der Waals surface area contributed by atoms with Crippen LogP contribution in [0.1, 0.15) is 20.3 Å². The lowest BCUT2D eigenvalue weighted by Crippen LogP contribution is -1.95. The maximum Gasteiger partial charge on any atom is 0.338 e. The van der Waals surface area contributed by atoms with E-state index in [0.717, 1.165) is 12.0 Å². The van der Waals surface area contributed by atoms with E-state index >= 15 is 0 Å². The summed E-state index contributed by atoms with van der Waals surface area (Å²) in [6, 6.07) is 0. The fourth-order valence-electron chi connectivity index (χ4n) is 1.16. The minimum absolute atomic E-state index is 0.259. The van der Waals surface area contributed by atoms with E-state index in [0.29, 0.717) is 12.2 Å². The Balaban J connectivity index is 2.96. The van der Waals surface area contributed by atoms with Gasteiger partial charge in [-0.3, -0.25) is 0 Å². The van der Waals surface area contributed by atoms with Gasteiger partial charge in [-0.15, -0.1) is 0 Å². The first-order valence-electron chi connectivity index (χ1n) is 4.39. The summed E-state index contributed by atoms with van der Waals surface area (Å²) >= 11 is 0. The lowest BCUT2D eigenvalue weighted by Gasteiger charge is -1.95. The Kier molecular flexibility index (Phi) is 3.07. The Morgan fingerprint density at radius 1 is 1.69 bits per heavy atom. The van der Waals surface area contributed by atoms with Crippen molar-refractivity contribution in [2.24, 2.45) is 0 Å². The minimum atomic E-state index is -0.259. The molecule has 70 valence electrons. The molecule has 13 heavy (non-hydrogen) atoms. The molecule has 0 amide bonds. The zero-order valence-electron chi connectivity index (χ0n) is 8.09. The van der Waals surface area contributed by atoms with Crippen molar-refractivity contribution in [3.05, 3.63) is 35.5 Å². The largest absolute Gasteiger partial charge is 0.457 e.